The molecule has 0 aromatic carbocycles. The van der Waals surface area contributed by atoms with Gasteiger partial charge in [-0.15, -0.1) is 0 Å². The van der Waals surface area contributed by atoms with Gasteiger partial charge in [-0.25, -0.2) is 9.68 Å². The Bertz CT molecular complexity index is 66.3. The van der Waals surface area contributed by atoms with Crippen molar-refractivity contribution in [2.24, 2.45) is 0 Å². The number of aliphatic hydroxyl groups excluding tert-OH is 2. The highest BCUT2D eigenvalue weighted by Crippen LogP contribution is 1.90. The predicted molar refractivity (Wildman–Crippen MR) is 29.0 cm³/mol. The predicted octanol–water partition coefficient (Wildman–Crippen LogP) is -0.979. The van der Waals surface area contributed by atoms with Crippen molar-refractivity contribution in [2.75, 3.05) is 26.4 Å². The number of hydrogen-bond donors (Lipinski definition) is 2. The molecule has 6 heteroatoms. The van der Waals surface area contributed by atoms with Crippen molar-refractivity contribution in [3.05, 3.63) is 0 Å². The first-order valence-corrected chi connectivity index (χ1v) is 2.74. The van der Waals surface area contributed by atoms with Crippen LogP contribution < -0.4 is 0 Å². The minimum atomic E-state index is -0.396. The zero-order chi connectivity index (χ0) is 7.82. The molecule has 0 saturated heterocycles. The highest BCUT2D eigenvalue weighted by atomic mass is 19.2. The van der Waals surface area contributed by atoms with Gasteiger partial charge in [0.05, 0.1) is 26.4 Å². The summed E-state index contributed by atoms with van der Waals surface area (Å²) in [5.74, 6) is 0. The fraction of sp³-hybridized carbons (Fsp3) is 1.00. The van der Waals surface area contributed by atoms with Crippen LogP contribution >= 0.6 is 0 Å². The van der Waals surface area contributed by atoms with Gasteiger partial charge in [-0.05, 0) is 0 Å². The van der Waals surface area contributed by atoms with Crippen LogP contribution in [0.1, 0.15) is 0 Å². The van der Waals surface area contributed by atoms with E-state index < -0.39 is 5.45 Å². The first kappa shape index (κ1) is 9.73. The van der Waals surface area contributed by atoms with Crippen LogP contribution in [0.15, 0.2) is 0 Å². The normalized spacial score (nSPS) is 10.8. The number of aliphatic hydroxyl groups is 2. The number of nitrogens with zero attached hydrogens (tertiary/aromatic N) is 1. The highest BCUT2D eigenvalue weighted by Gasteiger charge is 2.00. The van der Waals surface area contributed by atoms with Gasteiger partial charge in [0.1, 0.15) is 5.45 Å². The molecule has 0 heterocycles. The summed E-state index contributed by atoms with van der Waals surface area (Å²) in [5.41, 5.74) is -0.396. The third kappa shape index (κ3) is 5.86. The van der Waals surface area contributed by atoms with E-state index in [-0.39, 0.29) is 26.4 Å². The molecule has 0 rings (SSSR count). The Morgan fingerprint density at radius 2 is 1.50 bits per heavy atom. The lowest BCUT2D eigenvalue weighted by Gasteiger charge is -2.08. The van der Waals surface area contributed by atoms with E-state index in [9.17, 15) is 4.48 Å². The second kappa shape index (κ2) is 6.84. The molecule has 0 aliphatic carbocycles. The summed E-state index contributed by atoms with van der Waals surface area (Å²) in [6.07, 6.45) is 0. The Kier molecular flexibility index (Phi) is 6.66. The molecule has 0 aromatic rings. The minimum absolute atomic E-state index is 0.179. The van der Waals surface area contributed by atoms with Crippen molar-refractivity contribution in [1.29, 1.82) is 0 Å². The Balaban J connectivity index is 3.00. The van der Waals surface area contributed by atoms with Gasteiger partial charge in [-0.2, -0.15) is 0 Å². The second-order valence-corrected chi connectivity index (χ2v) is 1.33. The van der Waals surface area contributed by atoms with Crippen molar-refractivity contribution in [3.8, 4) is 0 Å². The van der Waals surface area contributed by atoms with E-state index in [0.29, 0.717) is 0 Å². The molecule has 0 atom stereocenters. The summed E-state index contributed by atoms with van der Waals surface area (Å²) in [4.78, 5) is 8.15. The quantitative estimate of drug-likeness (QED) is 0.381. The monoisotopic (exact) mass is 155 g/mol. The van der Waals surface area contributed by atoms with Crippen LogP contribution in [0.5, 0.6) is 0 Å². The zero-order valence-corrected chi connectivity index (χ0v) is 5.36. The Morgan fingerprint density at radius 3 is 1.80 bits per heavy atom. The molecule has 10 heavy (non-hydrogen) atoms. The maximum Gasteiger partial charge on any atom is 0.119 e. The molecular weight excluding hydrogens is 145 g/mol. The molecule has 0 spiro atoms. The molecular formula is C4H10FNO4. The topological polar surface area (TPSA) is 62.2 Å². The fourth-order valence-electron chi connectivity index (χ4n) is 0.262. The van der Waals surface area contributed by atoms with Crippen molar-refractivity contribution in [3.63, 3.8) is 0 Å². The summed E-state index contributed by atoms with van der Waals surface area (Å²) in [7, 11) is 0. The van der Waals surface area contributed by atoms with Gasteiger partial charge in [0.2, 0.25) is 0 Å². The van der Waals surface area contributed by atoms with Gasteiger partial charge in [-0.3, -0.25) is 0 Å². The van der Waals surface area contributed by atoms with E-state index in [1.54, 1.807) is 0 Å². The van der Waals surface area contributed by atoms with Crippen LogP contribution in [-0.4, -0.2) is 42.1 Å². The summed E-state index contributed by atoms with van der Waals surface area (Å²) < 4.78 is 11.9. The van der Waals surface area contributed by atoms with Gasteiger partial charge >= 0.3 is 0 Å². The number of halogens is 1. The molecule has 0 amide bonds. The van der Waals surface area contributed by atoms with Gasteiger partial charge in [0, 0.05) is 0 Å². The van der Waals surface area contributed by atoms with Gasteiger partial charge in [0.15, 0.2) is 0 Å². The van der Waals surface area contributed by atoms with E-state index in [2.05, 4.69) is 9.68 Å². The Labute approximate surface area is 57.4 Å². The molecule has 0 radical (unpaired) electrons. The first-order valence-electron chi connectivity index (χ1n) is 2.74. The molecule has 2 N–H and O–H groups in total. The van der Waals surface area contributed by atoms with Crippen molar-refractivity contribution >= 4 is 0 Å². The average Bonchev–Trinajstić information content (AvgIpc) is 1.97. The summed E-state index contributed by atoms with van der Waals surface area (Å²) in [5, 5.41) is 16.2. The molecule has 0 aliphatic rings. The average molecular weight is 155 g/mol. The van der Waals surface area contributed by atoms with E-state index in [1.165, 1.54) is 0 Å². The lowest BCUT2D eigenvalue weighted by atomic mass is 10.8. The van der Waals surface area contributed by atoms with Gasteiger partial charge in [0.25, 0.3) is 0 Å². The van der Waals surface area contributed by atoms with Crippen molar-refractivity contribution < 1.29 is 24.4 Å². The van der Waals surface area contributed by atoms with Gasteiger partial charge in [-0.1, -0.05) is 4.48 Å². The third-order valence-corrected chi connectivity index (χ3v) is 0.568. The molecule has 0 aliphatic heterocycles. The van der Waals surface area contributed by atoms with Crippen LogP contribution in [0.25, 0.3) is 0 Å². The maximum absolute atomic E-state index is 11.9. The SMILES string of the molecule is OCCON(F)OCCO. The molecule has 0 bridgehead atoms. The van der Waals surface area contributed by atoms with Gasteiger partial charge < -0.3 is 10.2 Å². The third-order valence-electron chi connectivity index (χ3n) is 0.568. The smallest absolute Gasteiger partial charge is 0.119 e. The highest BCUT2D eigenvalue weighted by molar-refractivity contribution is 4.16. The zero-order valence-electron chi connectivity index (χ0n) is 5.36. The van der Waals surface area contributed by atoms with Crippen LogP contribution in [-0.2, 0) is 9.68 Å². The van der Waals surface area contributed by atoms with E-state index >= 15 is 0 Å². The van der Waals surface area contributed by atoms with Crippen molar-refractivity contribution in [2.45, 2.75) is 0 Å². The lowest BCUT2D eigenvalue weighted by Crippen LogP contribution is -2.19. The standard InChI is InChI=1S/C4H10FNO4/c5-6(9-3-1-7)10-4-2-8/h7-8H,1-4H2. The molecule has 0 unspecified atom stereocenters. The molecule has 0 aromatic heterocycles. The Hall–Kier alpha value is -0.270. The minimum Gasteiger partial charge on any atom is -0.394 e. The number of rotatable bonds is 6. The molecule has 5 nitrogen and oxygen atoms in total. The van der Waals surface area contributed by atoms with Crippen LogP contribution in [0, 0.1) is 0 Å². The van der Waals surface area contributed by atoms with Crippen molar-refractivity contribution in [1.82, 2.24) is 5.45 Å². The maximum atomic E-state index is 11.9. The summed E-state index contributed by atoms with van der Waals surface area (Å²) in [6.45, 7) is -0.935. The van der Waals surface area contributed by atoms with E-state index in [4.69, 9.17) is 10.2 Å². The van der Waals surface area contributed by atoms with E-state index in [1.807, 2.05) is 0 Å². The van der Waals surface area contributed by atoms with Crippen LogP contribution in [0.4, 0.5) is 4.48 Å². The van der Waals surface area contributed by atoms with Crippen LogP contribution in [0.3, 0.4) is 0 Å². The first-order chi connectivity index (χ1) is 4.81. The molecule has 62 valence electrons. The molecule has 0 fully saturated rings. The molecule has 0 saturated carbocycles. The summed E-state index contributed by atoms with van der Waals surface area (Å²) in [6, 6.07) is 0. The second-order valence-electron chi connectivity index (χ2n) is 1.33. The van der Waals surface area contributed by atoms with E-state index in [0.717, 1.165) is 0 Å². The lowest BCUT2D eigenvalue weighted by molar-refractivity contribution is -0.466. The largest absolute Gasteiger partial charge is 0.394 e. The van der Waals surface area contributed by atoms with Crippen LogP contribution in [0.2, 0.25) is 0 Å². The summed E-state index contributed by atoms with van der Waals surface area (Å²) >= 11 is 0. The Morgan fingerprint density at radius 1 is 1.10 bits per heavy atom. The fourth-order valence-corrected chi connectivity index (χ4v) is 0.262. The number of hydrogen-bond acceptors (Lipinski definition) is 5.